The van der Waals surface area contributed by atoms with E-state index in [0.29, 0.717) is 25.7 Å². The topological polar surface area (TPSA) is 62.2 Å². The molecule has 0 radical (unpaired) electrons. The van der Waals surface area contributed by atoms with Crippen molar-refractivity contribution in [3.63, 3.8) is 0 Å². The summed E-state index contributed by atoms with van der Waals surface area (Å²) >= 11 is 1.75. The molecule has 2 heterocycles. The second-order valence-electron chi connectivity index (χ2n) is 8.81. The minimum atomic E-state index is -0.669. The number of ether oxygens (including phenoxy) is 2. The van der Waals surface area contributed by atoms with E-state index in [1.165, 1.54) is 10.4 Å². The fraction of sp³-hybridized carbons (Fsp3) is 0.500. The Morgan fingerprint density at radius 2 is 2.24 bits per heavy atom. The molecule has 7 heteroatoms. The maximum Gasteiger partial charge on any atom is 0.237 e. The molecule has 1 amide bonds. The molecule has 0 unspecified atom stereocenters. The van der Waals surface area contributed by atoms with Crippen LogP contribution >= 0.6 is 11.3 Å². The van der Waals surface area contributed by atoms with Gasteiger partial charge in [0.2, 0.25) is 5.91 Å². The summed E-state index contributed by atoms with van der Waals surface area (Å²) < 4.78 is 11.4. The van der Waals surface area contributed by atoms with Gasteiger partial charge < -0.3 is 19.5 Å². The van der Waals surface area contributed by atoms with Crippen molar-refractivity contribution in [2.75, 3.05) is 39.5 Å². The third-order valence-electron chi connectivity index (χ3n) is 6.16. The number of rotatable bonds is 11. The summed E-state index contributed by atoms with van der Waals surface area (Å²) in [5.74, 6) is 3.30. The Bertz CT molecular complexity index is 981. The molecule has 1 saturated carbocycles. The molecule has 33 heavy (non-hydrogen) atoms. The number of fused-ring (bicyclic) bond motifs is 1. The van der Waals surface area contributed by atoms with Crippen LogP contribution in [-0.4, -0.2) is 72.4 Å². The Kier molecular flexibility index (Phi) is 8.05. The van der Waals surface area contributed by atoms with Crippen LogP contribution in [0.1, 0.15) is 34.9 Å². The first kappa shape index (κ1) is 23.8. The molecular weight excluding hydrogens is 436 g/mol. The maximum absolute atomic E-state index is 13.5. The molecule has 2 aromatic rings. The van der Waals surface area contributed by atoms with Crippen LogP contribution in [0, 0.1) is 19.3 Å². The van der Waals surface area contributed by atoms with Gasteiger partial charge in [-0.1, -0.05) is 18.1 Å². The lowest BCUT2D eigenvalue weighted by atomic mass is 10.0. The molecule has 176 valence electrons. The van der Waals surface area contributed by atoms with Crippen molar-refractivity contribution in [3.05, 3.63) is 51.7 Å². The Morgan fingerprint density at radius 3 is 3.00 bits per heavy atom. The SMILES string of the molecule is C#CCOC[C@H](O)CN(CC(=O)N1CCc2sccc2[C@H]1COc1cccc(C)c1)C1CC1. The van der Waals surface area contributed by atoms with Crippen LogP contribution in [-0.2, 0) is 16.0 Å². The highest BCUT2D eigenvalue weighted by atomic mass is 32.1. The van der Waals surface area contributed by atoms with E-state index in [4.69, 9.17) is 15.9 Å². The summed E-state index contributed by atoms with van der Waals surface area (Å²) in [7, 11) is 0. The normalized spacial score (nSPS) is 18.6. The van der Waals surface area contributed by atoms with Gasteiger partial charge >= 0.3 is 0 Å². The molecule has 1 N–H and O–H groups in total. The van der Waals surface area contributed by atoms with E-state index in [0.717, 1.165) is 30.6 Å². The first-order chi connectivity index (χ1) is 16.0. The van der Waals surface area contributed by atoms with E-state index in [2.05, 4.69) is 22.3 Å². The van der Waals surface area contributed by atoms with Gasteiger partial charge in [0.15, 0.2) is 0 Å². The number of nitrogens with zero attached hydrogens (tertiary/aromatic N) is 2. The molecule has 0 saturated heterocycles. The van der Waals surface area contributed by atoms with Crippen LogP contribution in [0.25, 0.3) is 0 Å². The molecular formula is C26H32N2O4S. The Labute approximate surface area is 200 Å². The Hall–Kier alpha value is -2.37. The fourth-order valence-corrected chi connectivity index (χ4v) is 5.31. The van der Waals surface area contributed by atoms with Crippen LogP contribution in [0.5, 0.6) is 5.75 Å². The highest BCUT2D eigenvalue weighted by molar-refractivity contribution is 7.10. The van der Waals surface area contributed by atoms with Gasteiger partial charge in [-0.3, -0.25) is 9.69 Å². The van der Waals surface area contributed by atoms with Crippen LogP contribution in [0.4, 0.5) is 0 Å². The molecule has 2 aliphatic rings. The van der Waals surface area contributed by atoms with Crippen LogP contribution in [0.3, 0.4) is 0 Å². The van der Waals surface area contributed by atoms with Crippen molar-refractivity contribution in [1.82, 2.24) is 9.80 Å². The lowest BCUT2D eigenvalue weighted by Gasteiger charge is -2.37. The van der Waals surface area contributed by atoms with Crippen molar-refractivity contribution in [1.29, 1.82) is 0 Å². The number of hydrogen-bond acceptors (Lipinski definition) is 6. The number of benzene rings is 1. The van der Waals surface area contributed by atoms with Crippen molar-refractivity contribution in [2.45, 2.75) is 44.4 Å². The fourth-order valence-electron chi connectivity index (χ4n) is 4.38. The summed E-state index contributed by atoms with van der Waals surface area (Å²) in [4.78, 5) is 18.9. The standard InChI is InChI=1S/C26H32N2O4S/c1-3-12-31-17-21(29)15-27(20-7-8-20)16-26(30)28-11-9-25-23(10-13-33-25)24(28)18-32-22-6-4-5-19(2)14-22/h1,4-6,10,13-14,20-21,24,29H,7-9,11-12,15-18H2,2H3/t21-,24-/m1/s1. The van der Waals surface area contributed by atoms with E-state index < -0.39 is 6.10 Å². The quantitative estimate of drug-likeness (QED) is 0.406. The number of aryl methyl sites for hydroxylation is 1. The highest BCUT2D eigenvalue weighted by Crippen LogP contribution is 2.35. The lowest BCUT2D eigenvalue weighted by Crippen LogP contribution is -2.48. The molecule has 1 aliphatic carbocycles. The average Bonchev–Trinajstić information content (AvgIpc) is 3.54. The van der Waals surface area contributed by atoms with Gasteiger partial charge in [-0.05, 0) is 60.9 Å². The molecule has 0 bridgehead atoms. The van der Waals surface area contributed by atoms with E-state index in [1.807, 2.05) is 36.1 Å². The first-order valence-corrected chi connectivity index (χ1v) is 12.4. The molecule has 1 aliphatic heterocycles. The van der Waals surface area contributed by atoms with Gasteiger partial charge in [-0.25, -0.2) is 0 Å². The molecule has 6 nitrogen and oxygen atoms in total. The van der Waals surface area contributed by atoms with Crippen molar-refractivity contribution in [2.24, 2.45) is 0 Å². The number of amides is 1. The van der Waals surface area contributed by atoms with Crippen LogP contribution in [0.2, 0.25) is 0 Å². The zero-order valence-electron chi connectivity index (χ0n) is 19.1. The number of carbonyl (C=O) groups is 1. The van der Waals surface area contributed by atoms with Crippen molar-refractivity contribution in [3.8, 4) is 18.1 Å². The third kappa shape index (κ3) is 6.36. The predicted octanol–water partition coefficient (Wildman–Crippen LogP) is 3.04. The second-order valence-corrected chi connectivity index (χ2v) is 9.81. The highest BCUT2D eigenvalue weighted by Gasteiger charge is 2.36. The predicted molar refractivity (Wildman–Crippen MR) is 129 cm³/mol. The third-order valence-corrected chi connectivity index (χ3v) is 7.15. The summed E-state index contributed by atoms with van der Waals surface area (Å²) in [5, 5.41) is 12.5. The van der Waals surface area contributed by atoms with Crippen LogP contribution < -0.4 is 4.74 Å². The van der Waals surface area contributed by atoms with Gasteiger partial charge in [0.25, 0.3) is 0 Å². The number of thiophene rings is 1. The molecule has 2 atom stereocenters. The molecule has 1 fully saturated rings. The van der Waals surface area contributed by atoms with Gasteiger partial charge in [-0.15, -0.1) is 17.8 Å². The number of aliphatic hydroxyl groups is 1. The Balaban J connectivity index is 1.42. The summed E-state index contributed by atoms with van der Waals surface area (Å²) in [6.07, 6.45) is 7.51. The number of aliphatic hydroxyl groups excluding tert-OH is 1. The van der Waals surface area contributed by atoms with Gasteiger partial charge in [0.1, 0.15) is 19.0 Å². The summed E-state index contributed by atoms with van der Waals surface area (Å²) in [6, 6.07) is 10.3. The zero-order chi connectivity index (χ0) is 23.2. The van der Waals surface area contributed by atoms with Crippen molar-refractivity contribution >= 4 is 17.2 Å². The minimum absolute atomic E-state index is 0.0772. The molecule has 4 rings (SSSR count). The summed E-state index contributed by atoms with van der Waals surface area (Å²) in [6.45, 7) is 4.19. The molecule has 1 aromatic carbocycles. The number of hydrogen-bond donors (Lipinski definition) is 1. The lowest BCUT2D eigenvalue weighted by molar-refractivity contribution is -0.136. The molecule has 0 spiro atoms. The maximum atomic E-state index is 13.5. The van der Waals surface area contributed by atoms with Gasteiger partial charge in [0.05, 0.1) is 25.3 Å². The minimum Gasteiger partial charge on any atom is -0.491 e. The van der Waals surface area contributed by atoms with E-state index >= 15 is 0 Å². The number of terminal acetylenes is 1. The molecule has 1 aromatic heterocycles. The van der Waals surface area contributed by atoms with Crippen molar-refractivity contribution < 1.29 is 19.4 Å². The largest absolute Gasteiger partial charge is 0.491 e. The van der Waals surface area contributed by atoms with E-state index in [-0.39, 0.29) is 31.7 Å². The second kappa shape index (κ2) is 11.2. The van der Waals surface area contributed by atoms with Gasteiger partial charge in [-0.2, -0.15) is 0 Å². The Morgan fingerprint density at radius 1 is 1.39 bits per heavy atom. The monoisotopic (exact) mass is 468 g/mol. The van der Waals surface area contributed by atoms with Gasteiger partial charge in [0, 0.05) is 24.0 Å². The van der Waals surface area contributed by atoms with E-state index in [1.54, 1.807) is 11.3 Å². The zero-order valence-corrected chi connectivity index (χ0v) is 19.9. The number of carbonyl (C=O) groups excluding carboxylic acids is 1. The van der Waals surface area contributed by atoms with E-state index in [9.17, 15) is 9.90 Å². The first-order valence-electron chi connectivity index (χ1n) is 11.5. The smallest absolute Gasteiger partial charge is 0.237 e. The average molecular weight is 469 g/mol. The summed E-state index contributed by atoms with van der Waals surface area (Å²) in [5.41, 5.74) is 2.33. The van der Waals surface area contributed by atoms with Crippen LogP contribution in [0.15, 0.2) is 35.7 Å².